The van der Waals surface area contributed by atoms with E-state index in [4.69, 9.17) is 10.7 Å². The van der Waals surface area contributed by atoms with Crippen LogP contribution in [0.3, 0.4) is 0 Å². The zero-order valence-electron chi connectivity index (χ0n) is 23.5. The van der Waals surface area contributed by atoms with E-state index in [1.54, 1.807) is 6.20 Å². The lowest BCUT2D eigenvalue weighted by atomic mass is 9.72. The Morgan fingerprint density at radius 1 is 1.07 bits per heavy atom. The summed E-state index contributed by atoms with van der Waals surface area (Å²) in [5.41, 5.74) is 14.7. The molecule has 1 aromatic carbocycles. The lowest BCUT2D eigenvalue weighted by Crippen LogP contribution is -2.61. The van der Waals surface area contributed by atoms with Crippen LogP contribution in [0.4, 0.5) is 5.82 Å². The molecule has 3 aliphatic heterocycles. The minimum absolute atomic E-state index is 0.100. The second-order valence-electron chi connectivity index (χ2n) is 11.1. The van der Waals surface area contributed by atoms with Crippen molar-refractivity contribution in [3.05, 3.63) is 90.1 Å². The quantitative estimate of drug-likeness (QED) is 0.372. The fourth-order valence-electron chi connectivity index (χ4n) is 5.84. The number of benzene rings is 1. The molecule has 0 aliphatic carbocycles. The van der Waals surface area contributed by atoms with Crippen LogP contribution in [0.1, 0.15) is 29.7 Å². The van der Waals surface area contributed by atoms with Crippen molar-refractivity contribution in [2.24, 2.45) is 11.1 Å². The van der Waals surface area contributed by atoms with E-state index in [9.17, 15) is 10.1 Å². The van der Waals surface area contributed by atoms with Gasteiger partial charge in [-0.25, -0.2) is 10.4 Å². The summed E-state index contributed by atoms with van der Waals surface area (Å²) < 4.78 is 0. The third-order valence-electron chi connectivity index (χ3n) is 8.30. The number of allylic oxidation sites excluding steroid dienone is 1. The smallest absolute Gasteiger partial charge is 0.298 e. The van der Waals surface area contributed by atoms with Gasteiger partial charge in [-0.2, -0.15) is 5.26 Å². The summed E-state index contributed by atoms with van der Waals surface area (Å²) in [6.07, 6.45) is 8.88. The number of aromatic nitrogens is 2. The van der Waals surface area contributed by atoms with E-state index < -0.39 is 0 Å². The van der Waals surface area contributed by atoms with E-state index in [2.05, 4.69) is 33.2 Å². The van der Waals surface area contributed by atoms with Crippen molar-refractivity contribution in [1.82, 2.24) is 25.3 Å². The third-order valence-corrected chi connectivity index (χ3v) is 8.30. The van der Waals surface area contributed by atoms with E-state index in [1.807, 2.05) is 77.9 Å². The predicted molar refractivity (Wildman–Crippen MR) is 163 cm³/mol. The van der Waals surface area contributed by atoms with Crippen LogP contribution < -0.4 is 16.1 Å². The van der Waals surface area contributed by atoms with Crippen LogP contribution in [-0.2, 0) is 4.79 Å². The molecule has 6 rings (SSSR count). The van der Waals surface area contributed by atoms with Gasteiger partial charge >= 0.3 is 0 Å². The van der Waals surface area contributed by atoms with E-state index in [0.717, 1.165) is 72.7 Å². The molecular formula is C33H32N8O. The SMILES string of the molecule is CN1C=C(c2cnc(C(C#N)=CN)c(-c3ccc(N4CC5(CCN(C(=O)C#Cc6ccccc6)CC5)C4)nc3)c2)CN1. The number of nitrogens with one attached hydrogen (secondary N) is 1. The maximum Gasteiger partial charge on any atom is 0.298 e. The van der Waals surface area contributed by atoms with E-state index in [-0.39, 0.29) is 11.3 Å². The van der Waals surface area contributed by atoms with E-state index in [1.165, 1.54) is 6.20 Å². The van der Waals surface area contributed by atoms with Crippen LogP contribution >= 0.6 is 0 Å². The zero-order chi connectivity index (χ0) is 29.1. The van der Waals surface area contributed by atoms with Crippen LogP contribution in [-0.4, -0.2) is 65.6 Å². The van der Waals surface area contributed by atoms with Gasteiger partial charge in [0.15, 0.2) is 0 Å². The molecule has 9 nitrogen and oxygen atoms in total. The number of anilines is 1. The third kappa shape index (κ3) is 5.43. The molecule has 0 saturated carbocycles. The topological polar surface area (TPSA) is 114 Å². The zero-order valence-corrected chi connectivity index (χ0v) is 23.5. The molecule has 3 N–H and O–H groups in total. The van der Waals surface area contributed by atoms with Crippen molar-refractivity contribution < 1.29 is 4.79 Å². The molecule has 1 spiro atoms. The fraction of sp³-hybridized carbons (Fsp3) is 0.273. The highest BCUT2D eigenvalue weighted by Gasteiger charge is 2.45. The molecule has 2 fully saturated rings. The maximum atomic E-state index is 12.6. The molecule has 0 bridgehead atoms. The monoisotopic (exact) mass is 556 g/mol. The van der Waals surface area contributed by atoms with Gasteiger partial charge in [0.1, 0.15) is 11.9 Å². The summed E-state index contributed by atoms with van der Waals surface area (Å²) in [6.45, 7) is 4.00. The molecule has 9 heteroatoms. The van der Waals surface area contributed by atoms with Crippen LogP contribution in [0.15, 0.2) is 73.3 Å². The number of rotatable bonds is 4. The average Bonchev–Trinajstić information content (AvgIpc) is 3.46. The van der Waals surface area contributed by atoms with Gasteiger partial charge in [-0.3, -0.25) is 9.78 Å². The van der Waals surface area contributed by atoms with Gasteiger partial charge < -0.3 is 20.5 Å². The molecule has 210 valence electrons. The Hall–Kier alpha value is -5.12. The molecule has 2 saturated heterocycles. The van der Waals surface area contributed by atoms with Crippen LogP contribution in [0, 0.1) is 28.6 Å². The summed E-state index contributed by atoms with van der Waals surface area (Å²) >= 11 is 0. The second kappa shape index (κ2) is 11.4. The summed E-state index contributed by atoms with van der Waals surface area (Å²) in [4.78, 5) is 26.2. The van der Waals surface area contributed by atoms with Gasteiger partial charge in [-0.1, -0.05) is 24.1 Å². The number of amides is 1. The van der Waals surface area contributed by atoms with Gasteiger partial charge in [-0.15, -0.1) is 0 Å². The van der Waals surface area contributed by atoms with Crippen molar-refractivity contribution in [3.63, 3.8) is 0 Å². The number of carbonyl (C=O) groups is 1. The van der Waals surface area contributed by atoms with Crippen LogP contribution in [0.2, 0.25) is 0 Å². The van der Waals surface area contributed by atoms with Gasteiger partial charge in [0.25, 0.3) is 5.91 Å². The Morgan fingerprint density at radius 3 is 2.48 bits per heavy atom. The van der Waals surface area contributed by atoms with E-state index in [0.29, 0.717) is 17.8 Å². The standard InChI is InChI=1S/C33H32N8O/c1-39-21-28(20-38-39)26-15-29(32(37-19-26)27(16-34)17-35)25-8-9-30(36-18-25)41-22-33(23-41)11-13-40(14-12-33)31(42)10-7-24-5-3-2-4-6-24/h2-6,8-9,15-16,18-19,21,38H,11-14,20,22-23,34H2,1H3. The number of piperidine rings is 1. The minimum Gasteiger partial charge on any atom is -0.403 e. The predicted octanol–water partition coefficient (Wildman–Crippen LogP) is 3.24. The Balaban J connectivity index is 1.12. The molecule has 2 aromatic heterocycles. The molecule has 1 amide bonds. The molecule has 0 atom stereocenters. The average molecular weight is 557 g/mol. The first-order valence-electron chi connectivity index (χ1n) is 14.0. The van der Waals surface area contributed by atoms with Crippen molar-refractivity contribution in [1.29, 1.82) is 5.26 Å². The molecule has 3 aliphatic rings. The Labute approximate surface area is 245 Å². The van der Waals surface area contributed by atoms with Gasteiger partial charge in [0.05, 0.1) is 11.3 Å². The highest BCUT2D eigenvalue weighted by atomic mass is 16.2. The summed E-state index contributed by atoms with van der Waals surface area (Å²) in [5, 5.41) is 11.6. The van der Waals surface area contributed by atoms with Crippen molar-refractivity contribution in [3.8, 4) is 29.0 Å². The lowest BCUT2D eigenvalue weighted by molar-refractivity contribution is -0.127. The highest BCUT2D eigenvalue weighted by Crippen LogP contribution is 2.42. The fourth-order valence-corrected chi connectivity index (χ4v) is 5.84. The van der Waals surface area contributed by atoms with Gasteiger partial charge in [-0.05, 0) is 54.3 Å². The number of hydrogen-bond donors (Lipinski definition) is 2. The number of likely N-dealkylation sites (tertiary alicyclic amines) is 1. The first kappa shape index (κ1) is 27.1. The maximum absolute atomic E-state index is 12.6. The van der Waals surface area contributed by atoms with Crippen molar-refractivity contribution >= 4 is 22.9 Å². The Bertz CT molecular complexity index is 1640. The summed E-state index contributed by atoms with van der Waals surface area (Å²) in [5.74, 6) is 6.59. The summed E-state index contributed by atoms with van der Waals surface area (Å²) in [7, 11) is 1.95. The number of nitriles is 1. The highest BCUT2D eigenvalue weighted by molar-refractivity contribution is 5.94. The molecule has 42 heavy (non-hydrogen) atoms. The summed E-state index contributed by atoms with van der Waals surface area (Å²) in [6, 6.07) is 17.9. The van der Waals surface area contributed by atoms with Gasteiger partial charge in [0.2, 0.25) is 0 Å². The number of carbonyl (C=O) groups excluding carboxylic acids is 1. The number of nitrogens with zero attached hydrogens (tertiary/aromatic N) is 6. The first-order valence-corrected chi connectivity index (χ1v) is 14.0. The normalized spacial score (nSPS) is 17.7. The largest absolute Gasteiger partial charge is 0.403 e. The first-order chi connectivity index (χ1) is 20.5. The van der Waals surface area contributed by atoms with Crippen LogP contribution in [0.5, 0.6) is 0 Å². The molecular weight excluding hydrogens is 524 g/mol. The Kier molecular flexibility index (Phi) is 7.35. The molecule has 0 radical (unpaired) electrons. The molecule has 0 unspecified atom stereocenters. The Morgan fingerprint density at radius 2 is 1.83 bits per heavy atom. The van der Waals surface area contributed by atoms with E-state index >= 15 is 0 Å². The lowest BCUT2D eigenvalue weighted by Gasteiger charge is -2.54. The second-order valence-corrected chi connectivity index (χ2v) is 11.1. The molecule has 5 heterocycles. The van der Waals surface area contributed by atoms with Crippen LogP contribution in [0.25, 0.3) is 22.3 Å². The number of nitrogens with two attached hydrogens (primary N) is 1. The number of pyridine rings is 2. The number of hydrogen-bond acceptors (Lipinski definition) is 8. The van der Waals surface area contributed by atoms with Crippen molar-refractivity contribution in [2.75, 3.05) is 44.7 Å². The number of hydrazine groups is 1. The van der Waals surface area contributed by atoms with Gasteiger partial charge in [0, 0.05) is 92.6 Å². The molecule has 3 aromatic rings. The van der Waals surface area contributed by atoms with Crippen molar-refractivity contribution in [2.45, 2.75) is 12.8 Å². The minimum atomic E-state index is -0.100.